The van der Waals surface area contributed by atoms with Crippen molar-refractivity contribution in [3.05, 3.63) is 23.4 Å². The van der Waals surface area contributed by atoms with E-state index in [-0.39, 0.29) is 0 Å². The largest absolute Gasteiger partial charge is 0.388 e. The van der Waals surface area contributed by atoms with Crippen LogP contribution < -0.4 is 4.90 Å². The maximum absolute atomic E-state index is 9.92. The summed E-state index contributed by atoms with van der Waals surface area (Å²) >= 11 is 0. The third-order valence-electron chi connectivity index (χ3n) is 4.03. The van der Waals surface area contributed by atoms with Crippen molar-refractivity contribution in [1.82, 2.24) is 9.88 Å². The van der Waals surface area contributed by atoms with E-state index in [1.807, 2.05) is 13.1 Å². The van der Waals surface area contributed by atoms with Gasteiger partial charge in [-0.25, -0.2) is 4.98 Å². The van der Waals surface area contributed by atoms with Crippen LogP contribution in [0.15, 0.2) is 12.3 Å². The molecule has 1 aliphatic heterocycles. The van der Waals surface area contributed by atoms with Crippen LogP contribution in [0.4, 0.5) is 5.82 Å². The van der Waals surface area contributed by atoms with Gasteiger partial charge in [-0.1, -0.05) is 13.8 Å². The Morgan fingerprint density at radius 1 is 1.26 bits per heavy atom. The Balaban J connectivity index is 2.08. The summed E-state index contributed by atoms with van der Waals surface area (Å²) in [6.45, 7) is 11.7. The third kappa shape index (κ3) is 3.25. The molecule has 0 spiro atoms. The number of likely N-dealkylation sites (N-methyl/N-ethyl adjacent to an activating group) is 1. The summed E-state index contributed by atoms with van der Waals surface area (Å²) in [6, 6.07) is 2.11. The van der Waals surface area contributed by atoms with Gasteiger partial charge in [0, 0.05) is 37.9 Å². The van der Waals surface area contributed by atoms with E-state index in [4.69, 9.17) is 0 Å². The first-order valence-corrected chi connectivity index (χ1v) is 7.27. The highest BCUT2D eigenvalue weighted by Crippen LogP contribution is 2.23. The molecule has 1 aromatic heterocycles. The maximum atomic E-state index is 9.92. The Kier molecular flexibility index (Phi) is 4.77. The van der Waals surface area contributed by atoms with Crippen LogP contribution in [0, 0.1) is 6.92 Å². The summed E-state index contributed by atoms with van der Waals surface area (Å²) in [5.74, 6) is 1.04. The first-order valence-electron chi connectivity index (χ1n) is 7.27. The number of aliphatic hydroxyl groups is 1. The summed E-state index contributed by atoms with van der Waals surface area (Å²) in [7, 11) is 0. The highest BCUT2D eigenvalue weighted by atomic mass is 16.3. The number of aryl methyl sites for hydroxylation is 1. The van der Waals surface area contributed by atoms with Gasteiger partial charge in [-0.2, -0.15) is 0 Å². The second-order valence-corrected chi connectivity index (χ2v) is 5.24. The van der Waals surface area contributed by atoms with E-state index in [0.29, 0.717) is 0 Å². The van der Waals surface area contributed by atoms with Crippen LogP contribution in [-0.2, 0) is 0 Å². The third-order valence-corrected chi connectivity index (χ3v) is 4.03. The SMILES string of the molecule is CCC(O)c1cnc(N2CCN(CC)CC2)cc1C. The van der Waals surface area contributed by atoms with E-state index >= 15 is 0 Å². The molecule has 1 N–H and O–H groups in total. The lowest BCUT2D eigenvalue weighted by atomic mass is 10.0. The van der Waals surface area contributed by atoms with Crippen molar-refractivity contribution in [1.29, 1.82) is 0 Å². The molecule has 19 heavy (non-hydrogen) atoms. The maximum Gasteiger partial charge on any atom is 0.128 e. The minimum atomic E-state index is -0.390. The molecule has 1 aliphatic rings. The van der Waals surface area contributed by atoms with Gasteiger partial charge in [0.25, 0.3) is 0 Å². The fourth-order valence-corrected chi connectivity index (χ4v) is 2.59. The standard InChI is InChI=1S/C15H25N3O/c1-4-14(19)13-11-16-15(10-12(13)3)18-8-6-17(5-2)7-9-18/h10-11,14,19H,4-9H2,1-3H3. The summed E-state index contributed by atoms with van der Waals surface area (Å²) in [5.41, 5.74) is 2.09. The number of hydrogen-bond donors (Lipinski definition) is 1. The monoisotopic (exact) mass is 263 g/mol. The number of piperazine rings is 1. The highest BCUT2D eigenvalue weighted by Gasteiger charge is 2.18. The molecule has 0 aliphatic carbocycles. The fourth-order valence-electron chi connectivity index (χ4n) is 2.59. The summed E-state index contributed by atoms with van der Waals surface area (Å²) in [4.78, 5) is 9.32. The second kappa shape index (κ2) is 6.35. The van der Waals surface area contributed by atoms with Crippen LogP contribution >= 0.6 is 0 Å². The van der Waals surface area contributed by atoms with Gasteiger partial charge in [-0.15, -0.1) is 0 Å². The zero-order chi connectivity index (χ0) is 13.8. The molecule has 0 bridgehead atoms. The van der Waals surface area contributed by atoms with Gasteiger partial charge in [0.2, 0.25) is 0 Å². The first kappa shape index (κ1) is 14.3. The van der Waals surface area contributed by atoms with Crippen LogP contribution in [-0.4, -0.2) is 47.7 Å². The lowest BCUT2D eigenvalue weighted by molar-refractivity contribution is 0.172. The smallest absolute Gasteiger partial charge is 0.128 e. The summed E-state index contributed by atoms with van der Waals surface area (Å²) < 4.78 is 0. The van der Waals surface area contributed by atoms with Crippen molar-refractivity contribution in [2.24, 2.45) is 0 Å². The molecule has 0 amide bonds. The molecular weight excluding hydrogens is 238 g/mol. The Morgan fingerprint density at radius 3 is 2.47 bits per heavy atom. The van der Waals surface area contributed by atoms with Gasteiger partial charge in [-0.3, -0.25) is 0 Å². The van der Waals surface area contributed by atoms with Crippen molar-refractivity contribution >= 4 is 5.82 Å². The number of pyridine rings is 1. The molecule has 4 nitrogen and oxygen atoms in total. The molecule has 0 aromatic carbocycles. The van der Waals surface area contributed by atoms with E-state index in [9.17, 15) is 5.11 Å². The molecule has 2 heterocycles. The van der Waals surface area contributed by atoms with Crippen LogP contribution in [0.2, 0.25) is 0 Å². The Morgan fingerprint density at radius 2 is 1.95 bits per heavy atom. The molecule has 1 saturated heterocycles. The van der Waals surface area contributed by atoms with Gasteiger partial charge < -0.3 is 14.9 Å². The van der Waals surface area contributed by atoms with Crippen molar-refractivity contribution in [3.63, 3.8) is 0 Å². The van der Waals surface area contributed by atoms with E-state index < -0.39 is 6.10 Å². The highest BCUT2D eigenvalue weighted by molar-refractivity contribution is 5.44. The predicted octanol–water partition coefficient (Wildman–Crippen LogP) is 1.98. The predicted molar refractivity (Wildman–Crippen MR) is 78.6 cm³/mol. The minimum absolute atomic E-state index is 0.390. The molecule has 1 aromatic rings. The Hall–Kier alpha value is -1.13. The van der Waals surface area contributed by atoms with E-state index in [1.165, 1.54) is 0 Å². The van der Waals surface area contributed by atoms with Gasteiger partial charge in [0.1, 0.15) is 5.82 Å². The molecule has 2 rings (SSSR count). The molecule has 1 unspecified atom stereocenters. The summed E-state index contributed by atoms with van der Waals surface area (Å²) in [5, 5.41) is 9.92. The van der Waals surface area contributed by atoms with Crippen molar-refractivity contribution in [2.45, 2.75) is 33.3 Å². The average Bonchev–Trinajstić information content (AvgIpc) is 2.46. The van der Waals surface area contributed by atoms with Crippen molar-refractivity contribution in [3.8, 4) is 0 Å². The number of anilines is 1. The zero-order valence-corrected chi connectivity index (χ0v) is 12.3. The van der Waals surface area contributed by atoms with Crippen LogP contribution in [0.25, 0.3) is 0 Å². The average molecular weight is 263 g/mol. The molecular formula is C15H25N3O. The van der Waals surface area contributed by atoms with Gasteiger partial charge in [0.15, 0.2) is 0 Å². The van der Waals surface area contributed by atoms with Crippen LogP contribution in [0.5, 0.6) is 0 Å². The van der Waals surface area contributed by atoms with Crippen molar-refractivity contribution < 1.29 is 5.11 Å². The Bertz CT molecular complexity index is 414. The van der Waals surface area contributed by atoms with E-state index in [2.05, 4.69) is 34.7 Å². The van der Waals surface area contributed by atoms with E-state index in [0.717, 1.165) is 56.1 Å². The van der Waals surface area contributed by atoms with E-state index in [1.54, 1.807) is 0 Å². The zero-order valence-electron chi connectivity index (χ0n) is 12.3. The Labute approximate surface area is 116 Å². The van der Waals surface area contributed by atoms with Gasteiger partial charge >= 0.3 is 0 Å². The number of rotatable bonds is 4. The van der Waals surface area contributed by atoms with Gasteiger partial charge in [0.05, 0.1) is 6.10 Å². The molecule has 0 radical (unpaired) electrons. The molecule has 106 valence electrons. The number of hydrogen-bond acceptors (Lipinski definition) is 4. The van der Waals surface area contributed by atoms with Gasteiger partial charge in [-0.05, 0) is 31.5 Å². The second-order valence-electron chi connectivity index (χ2n) is 5.24. The summed E-state index contributed by atoms with van der Waals surface area (Å²) in [6.07, 6.45) is 2.18. The van der Waals surface area contributed by atoms with Crippen molar-refractivity contribution in [2.75, 3.05) is 37.6 Å². The number of nitrogens with zero attached hydrogens (tertiary/aromatic N) is 3. The van der Waals surface area contributed by atoms with Crippen LogP contribution in [0.1, 0.15) is 37.5 Å². The minimum Gasteiger partial charge on any atom is -0.388 e. The normalized spacial score (nSPS) is 18.6. The lowest BCUT2D eigenvalue weighted by Crippen LogP contribution is -2.46. The molecule has 1 atom stereocenters. The quantitative estimate of drug-likeness (QED) is 0.901. The lowest BCUT2D eigenvalue weighted by Gasteiger charge is -2.35. The first-order chi connectivity index (χ1) is 9.15. The number of aliphatic hydroxyl groups excluding tert-OH is 1. The molecule has 1 fully saturated rings. The molecule has 4 heteroatoms. The topological polar surface area (TPSA) is 39.6 Å². The van der Waals surface area contributed by atoms with Crippen LogP contribution in [0.3, 0.4) is 0 Å². The molecule has 0 saturated carbocycles. The fraction of sp³-hybridized carbons (Fsp3) is 0.667. The number of aromatic nitrogens is 1.